The van der Waals surface area contributed by atoms with Gasteiger partial charge in [0.2, 0.25) is 0 Å². The number of hydrogen-bond donors (Lipinski definition) is 2. The number of nitrogens with one attached hydrogen (secondary N) is 1. The fourth-order valence-electron chi connectivity index (χ4n) is 1.79. The van der Waals surface area contributed by atoms with Crippen molar-refractivity contribution in [3.05, 3.63) is 41.2 Å². The van der Waals surface area contributed by atoms with Crippen molar-refractivity contribution in [3.8, 4) is 0 Å². The Morgan fingerprint density at radius 1 is 1.39 bits per heavy atom. The molecule has 18 heavy (non-hydrogen) atoms. The van der Waals surface area contributed by atoms with Crippen LogP contribution in [0.15, 0.2) is 24.4 Å². The Balaban J connectivity index is 2.27. The van der Waals surface area contributed by atoms with Crippen molar-refractivity contribution in [1.82, 2.24) is 9.78 Å². The fourth-order valence-corrected chi connectivity index (χ4v) is 1.79. The maximum atomic E-state index is 12.1. The third-order valence-corrected chi connectivity index (χ3v) is 2.83. The molecule has 94 valence electrons. The molecular formula is C13H16N4O. The summed E-state index contributed by atoms with van der Waals surface area (Å²) in [7, 11) is 1.81. The Labute approximate surface area is 106 Å². The fraction of sp³-hybridized carbons (Fsp3) is 0.231. The second kappa shape index (κ2) is 4.52. The monoisotopic (exact) mass is 244 g/mol. The van der Waals surface area contributed by atoms with Gasteiger partial charge in [0.05, 0.1) is 16.9 Å². The minimum Gasteiger partial charge on any atom is -0.398 e. The summed E-state index contributed by atoms with van der Waals surface area (Å²) in [4.78, 5) is 12.1. The third-order valence-electron chi connectivity index (χ3n) is 2.83. The summed E-state index contributed by atoms with van der Waals surface area (Å²) in [5, 5.41) is 6.98. The van der Waals surface area contributed by atoms with Gasteiger partial charge in [-0.2, -0.15) is 5.10 Å². The Morgan fingerprint density at radius 2 is 2.11 bits per heavy atom. The lowest BCUT2D eigenvalue weighted by molar-refractivity contribution is 0.102. The van der Waals surface area contributed by atoms with Crippen LogP contribution < -0.4 is 11.1 Å². The first-order valence-corrected chi connectivity index (χ1v) is 5.65. The molecule has 5 heteroatoms. The predicted molar refractivity (Wildman–Crippen MR) is 71.5 cm³/mol. The van der Waals surface area contributed by atoms with E-state index in [1.165, 1.54) is 0 Å². The molecule has 1 aromatic carbocycles. The molecule has 0 fully saturated rings. The number of rotatable bonds is 2. The van der Waals surface area contributed by atoms with Gasteiger partial charge in [-0.05, 0) is 25.5 Å². The molecule has 1 aromatic heterocycles. The normalized spacial score (nSPS) is 10.4. The van der Waals surface area contributed by atoms with Crippen molar-refractivity contribution in [2.75, 3.05) is 11.1 Å². The van der Waals surface area contributed by atoms with Crippen LogP contribution in [0, 0.1) is 13.8 Å². The van der Waals surface area contributed by atoms with Gasteiger partial charge in [0.15, 0.2) is 0 Å². The van der Waals surface area contributed by atoms with Crippen LogP contribution in [0.3, 0.4) is 0 Å². The number of amides is 1. The van der Waals surface area contributed by atoms with Gasteiger partial charge in [0.25, 0.3) is 5.91 Å². The number of carbonyl (C=O) groups is 1. The zero-order valence-electron chi connectivity index (χ0n) is 10.7. The molecule has 0 saturated carbocycles. The van der Waals surface area contributed by atoms with E-state index >= 15 is 0 Å². The third kappa shape index (κ3) is 2.20. The Bertz CT molecular complexity index is 601. The molecule has 0 bridgehead atoms. The molecule has 0 saturated heterocycles. The maximum Gasteiger partial charge on any atom is 0.257 e. The minimum atomic E-state index is -0.215. The van der Waals surface area contributed by atoms with Gasteiger partial charge in [-0.1, -0.05) is 12.1 Å². The molecule has 2 aromatic rings. The van der Waals surface area contributed by atoms with Crippen molar-refractivity contribution in [3.63, 3.8) is 0 Å². The molecule has 0 aliphatic carbocycles. The summed E-state index contributed by atoms with van der Waals surface area (Å²) in [6.45, 7) is 3.72. The van der Waals surface area contributed by atoms with E-state index in [1.54, 1.807) is 16.9 Å². The van der Waals surface area contributed by atoms with Crippen molar-refractivity contribution < 1.29 is 4.79 Å². The molecule has 0 atom stereocenters. The summed E-state index contributed by atoms with van der Waals surface area (Å²) in [6.07, 6.45) is 1.76. The minimum absolute atomic E-state index is 0.215. The lowest BCUT2D eigenvalue weighted by atomic mass is 10.1. The van der Waals surface area contributed by atoms with Crippen LogP contribution in [-0.2, 0) is 7.05 Å². The number of anilines is 2. The zero-order valence-corrected chi connectivity index (χ0v) is 10.7. The number of aromatic nitrogens is 2. The highest BCUT2D eigenvalue weighted by atomic mass is 16.1. The molecule has 0 radical (unpaired) electrons. The van der Waals surface area contributed by atoms with Crippen LogP contribution in [0.1, 0.15) is 21.6 Å². The van der Waals surface area contributed by atoms with Gasteiger partial charge >= 0.3 is 0 Å². The molecule has 2 rings (SSSR count). The van der Waals surface area contributed by atoms with Crippen molar-refractivity contribution >= 4 is 17.3 Å². The first kappa shape index (κ1) is 12.2. The van der Waals surface area contributed by atoms with Crippen molar-refractivity contribution in [2.45, 2.75) is 13.8 Å². The summed E-state index contributed by atoms with van der Waals surface area (Å²) < 4.78 is 1.66. The van der Waals surface area contributed by atoms with Gasteiger partial charge in [0.1, 0.15) is 0 Å². The molecule has 0 spiro atoms. The van der Waals surface area contributed by atoms with Crippen LogP contribution >= 0.6 is 0 Å². The highest BCUT2D eigenvalue weighted by molar-refractivity contribution is 6.08. The summed E-state index contributed by atoms with van der Waals surface area (Å²) >= 11 is 0. The average molecular weight is 244 g/mol. The smallest absolute Gasteiger partial charge is 0.257 e. The number of carbonyl (C=O) groups excluding carboxylic acids is 1. The first-order chi connectivity index (χ1) is 8.49. The maximum absolute atomic E-state index is 12.1. The SMILES string of the molecule is Cc1cccc(C(=O)Nc2cn(C)nc2C)c1N. The Kier molecular flexibility index (Phi) is 3.06. The molecule has 1 amide bonds. The second-order valence-electron chi connectivity index (χ2n) is 4.29. The molecule has 0 aliphatic rings. The van der Waals surface area contributed by atoms with Gasteiger partial charge in [-0.3, -0.25) is 9.48 Å². The number of nitrogen functional groups attached to an aromatic ring is 1. The predicted octanol–water partition coefficient (Wildman–Crippen LogP) is 1.87. The van der Waals surface area contributed by atoms with E-state index in [0.717, 1.165) is 11.3 Å². The van der Waals surface area contributed by atoms with E-state index in [2.05, 4.69) is 10.4 Å². The Morgan fingerprint density at radius 3 is 2.72 bits per heavy atom. The largest absolute Gasteiger partial charge is 0.398 e. The van der Waals surface area contributed by atoms with Gasteiger partial charge in [0, 0.05) is 18.9 Å². The van der Waals surface area contributed by atoms with Crippen LogP contribution in [0.25, 0.3) is 0 Å². The van der Waals surface area contributed by atoms with Gasteiger partial charge in [-0.25, -0.2) is 0 Å². The van der Waals surface area contributed by atoms with Gasteiger partial charge in [-0.15, -0.1) is 0 Å². The molecule has 1 heterocycles. The van der Waals surface area contributed by atoms with Crippen molar-refractivity contribution in [1.29, 1.82) is 0 Å². The summed E-state index contributed by atoms with van der Waals surface area (Å²) in [6, 6.07) is 5.40. The van der Waals surface area contributed by atoms with E-state index in [1.807, 2.05) is 33.0 Å². The summed E-state index contributed by atoms with van der Waals surface area (Å²) in [5.74, 6) is -0.215. The summed E-state index contributed by atoms with van der Waals surface area (Å²) in [5.41, 5.74) is 9.26. The van der Waals surface area contributed by atoms with Crippen LogP contribution in [0.5, 0.6) is 0 Å². The quantitative estimate of drug-likeness (QED) is 0.792. The lowest BCUT2D eigenvalue weighted by Gasteiger charge is -2.08. The number of hydrogen-bond acceptors (Lipinski definition) is 3. The van der Waals surface area contributed by atoms with Crippen molar-refractivity contribution in [2.24, 2.45) is 7.05 Å². The molecule has 0 unspecified atom stereocenters. The zero-order chi connectivity index (χ0) is 13.3. The number of aryl methyl sites for hydroxylation is 3. The number of para-hydroxylation sites is 1. The standard InChI is InChI=1S/C13H16N4O/c1-8-5-4-6-10(12(8)14)13(18)15-11-7-17(3)16-9(11)2/h4-7H,14H2,1-3H3,(H,15,18). The van der Waals surface area contributed by atoms with Crippen LogP contribution in [-0.4, -0.2) is 15.7 Å². The van der Waals surface area contributed by atoms with Gasteiger partial charge < -0.3 is 11.1 Å². The molecule has 5 nitrogen and oxygen atoms in total. The highest BCUT2D eigenvalue weighted by Gasteiger charge is 2.13. The van der Waals surface area contributed by atoms with E-state index in [0.29, 0.717) is 16.9 Å². The molecule has 0 aliphatic heterocycles. The van der Waals surface area contributed by atoms with Crippen LogP contribution in [0.2, 0.25) is 0 Å². The lowest BCUT2D eigenvalue weighted by Crippen LogP contribution is -2.14. The Hall–Kier alpha value is -2.30. The average Bonchev–Trinajstić information content (AvgIpc) is 2.61. The number of benzene rings is 1. The molecule has 3 N–H and O–H groups in total. The number of nitrogens with zero attached hydrogens (tertiary/aromatic N) is 2. The highest BCUT2D eigenvalue weighted by Crippen LogP contribution is 2.19. The first-order valence-electron chi connectivity index (χ1n) is 5.65. The van der Waals surface area contributed by atoms with E-state index < -0.39 is 0 Å². The number of nitrogens with two attached hydrogens (primary N) is 1. The second-order valence-corrected chi connectivity index (χ2v) is 4.29. The molecular weight excluding hydrogens is 228 g/mol. The topological polar surface area (TPSA) is 72.9 Å². The van der Waals surface area contributed by atoms with E-state index in [-0.39, 0.29) is 5.91 Å². The van der Waals surface area contributed by atoms with E-state index in [4.69, 9.17) is 5.73 Å². The van der Waals surface area contributed by atoms with E-state index in [9.17, 15) is 4.79 Å². The van der Waals surface area contributed by atoms with Crippen LogP contribution in [0.4, 0.5) is 11.4 Å².